The fraction of sp³-hybridized carbons (Fsp3) is 0.615. The molecule has 0 unspecified atom stereocenters. The predicted octanol–water partition coefficient (Wildman–Crippen LogP) is 2.90. The molecular formula is C13H19BrFN3. The van der Waals surface area contributed by atoms with Crippen molar-refractivity contribution in [2.75, 3.05) is 31.1 Å². The van der Waals surface area contributed by atoms with Crippen LogP contribution in [0.5, 0.6) is 0 Å². The molecule has 1 saturated heterocycles. The Morgan fingerprint density at radius 3 is 2.33 bits per heavy atom. The van der Waals surface area contributed by atoms with Crippen LogP contribution in [0.4, 0.5) is 10.2 Å². The van der Waals surface area contributed by atoms with Crippen LogP contribution in [-0.2, 0) is 0 Å². The first-order chi connectivity index (χ1) is 8.38. The summed E-state index contributed by atoms with van der Waals surface area (Å²) in [6, 6.07) is 1.47. The van der Waals surface area contributed by atoms with Crippen molar-refractivity contribution in [1.82, 2.24) is 9.88 Å². The SMILES string of the molecule is CC(C)(C)N1CCN(c2ncc(Br)cc2F)CC1. The van der Waals surface area contributed by atoms with Crippen LogP contribution in [0.3, 0.4) is 0 Å². The Labute approximate surface area is 116 Å². The minimum absolute atomic E-state index is 0.178. The molecule has 2 rings (SSSR count). The Morgan fingerprint density at radius 2 is 1.83 bits per heavy atom. The van der Waals surface area contributed by atoms with Gasteiger partial charge in [0.05, 0.1) is 0 Å². The Bertz CT molecular complexity index is 423. The summed E-state index contributed by atoms with van der Waals surface area (Å²) in [5.74, 6) is 0.209. The fourth-order valence-corrected chi connectivity index (χ4v) is 2.53. The highest BCUT2D eigenvalue weighted by atomic mass is 79.9. The summed E-state index contributed by atoms with van der Waals surface area (Å²) >= 11 is 3.23. The van der Waals surface area contributed by atoms with Gasteiger partial charge in [0.25, 0.3) is 0 Å². The van der Waals surface area contributed by atoms with Crippen LogP contribution in [0, 0.1) is 5.82 Å². The molecule has 1 aromatic heterocycles. The van der Waals surface area contributed by atoms with E-state index in [0.717, 1.165) is 26.2 Å². The van der Waals surface area contributed by atoms with Gasteiger partial charge in [-0.05, 0) is 42.8 Å². The summed E-state index contributed by atoms with van der Waals surface area (Å²) in [5, 5.41) is 0. The van der Waals surface area contributed by atoms with E-state index < -0.39 is 0 Å². The second-order valence-electron chi connectivity index (χ2n) is 5.60. The summed E-state index contributed by atoms with van der Waals surface area (Å²) in [7, 11) is 0. The number of anilines is 1. The molecule has 1 fully saturated rings. The van der Waals surface area contributed by atoms with E-state index in [1.165, 1.54) is 6.07 Å². The quantitative estimate of drug-likeness (QED) is 0.794. The van der Waals surface area contributed by atoms with Crippen LogP contribution < -0.4 is 4.90 Å². The van der Waals surface area contributed by atoms with Gasteiger partial charge in [0.15, 0.2) is 11.6 Å². The van der Waals surface area contributed by atoms with Gasteiger partial charge in [-0.1, -0.05) is 0 Å². The van der Waals surface area contributed by atoms with Gasteiger partial charge in [0, 0.05) is 42.4 Å². The summed E-state index contributed by atoms with van der Waals surface area (Å²) in [4.78, 5) is 8.61. The maximum absolute atomic E-state index is 13.8. The maximum Gasteiger partial charge on any atom is 0.166 e. The van der Waals surface area contributed by atoms with E-state index in [4.69, 9.17) is 0 Å². The molecule has 0 bridgehead atoms. The molecule has 1 aromatic rings. The molecule has 0 aromatic carbocycles. The van der Waals surface area contributed by atoms with E-state index >= 15 is 0 Å². The van der Waals surface area contributed by atoms with Crippen LogP contribution >= 0.6 is 15.9 Å². The summed E-state index contributed by atoms with van der Waals surface area (Å²) < 4.78 is 14.5. The molecular weight excluding hydrogens is 297 g/mol. The largest absolute Gasteiger partial charge is 0.352 e. The molecule has 0 amide bonds. The normalized spacial score (nSPS) is 18.2. The Kier molecular flexibility index (Phi) is 3.92. The lowest BCUT2D eigenvalue weighted by Gasteiger charge is -2.42. The molecule has 5 heteroatoms. The average Bonchev–Trinajstić information content (AvgIpc) is 2.28. The molecule has 100 valence electrons. The third kappa shape index (κ3) is 3.01. The highest BCUT2D eigenvalue weighted by molar-refractivity contribution is 9.10. The zero-order valence-electron chi connectivity index (χ0n) is 11.1. The minimum Gasteiger partial charge on any atom is -0.352 e. The Morgan fingerprint density at radius 1 is 1.22 bits per heavy atom. The van der Waals surface area contributed by atoms with Gasteiger partial charge in [-0.15, -0.1) is 0 Å². The lowest BCUT2D eigenvalue weighted by molar-refractivity contribution is 0.128. The predicted molar refractivity (Wildman–Crippen MR) is 75.4 cm³/mol. The van der Waals surface area contributed by atoms with Crippen LogP contribution in [0.1, 0.15) is 20.8 Å². The van der Waals surface area contributed by atoms with Crippen molar-refractivity contribution in [2.45, 2.75) is 26.3 Å². The first-order valence-electron chi connectivity index (χ1n) is 6.19. The highest BCUT2D eigenvalue weighted by Gasteiger charge is 2.27. The third-order valence-corrected chi connectivity index (χ3v) is 3.75. The van der Waals surface area contributed by atoms with Gasteiger partial charge < -0.3 is 4.90 Å². The Hall–Kier alpha value is -0.680. The molecule has 18 heavy (non-hydrogen) atoms. The van der Waals surface area contributed by atoms with E-state index in [0.29, 0.717) is 10.3 Å². The van der Waals surface area contributed by atoms with E-state index in [-0.39, 0.29) is 11.4 Å². The smallest absolute Gasteiger partial charge is 0.166 e. The molecule has 0 saturated carbocycles. The van der Waals surface area contributed by atoms with Gasteiger partial charge in [0.1, 0.15) is 0 Å². The van der Waals surface area contributed by atoms with E-state index in [1.807, 2.05) is 4.90 Å². The van der Waals surface area contributed by atoms with Crippen molar-refractivity contribution in [3.05, 3.63) is 22.6 Å². The third-order valence-electron chi connectivity index (χ3n) is 3.32. The van der Waals surface area contributed by atoms with Crippen LogP contribution in [-0.4, -0.2) is 41.6 Å². The van der Waals surface area contributed by atoms with E-state index in [2.05, 4.69) is 46.6 Å². The lowest BCUT2D eigenvalue weighted by Crippen LogP contribution is -2.53. The topological polar surface area (TPSA) is 19.4 Å². The number of hydrogen-bond donors (Lipinski definition) is 0. The molecule has 1 aliphatic rings. The second kappa shape index (κ2) is 5.13. The molecule has 3 nitrogen and oxygen atoms in total. The molecule has 0 aliphatic carbocycles. The number of piperazine rings is 1. The summed E-state index contributed by atoms with van der Waals surface area (Å²) in [6.45, 7) is 10.2. The number of halogens is 2. The van der Waals surface area contributed by atoms with Crippen LogP contribution in [0.15, 0.2) is 16.7 Å². The number of rotatable bonds is 1. The first kappa shape index (κ1) is 13.7. The van der Waals surface area contributed by atoms with Crippen molar-refractivity contribution in [3.63, 3.8) is 0 Å². The van der Waals surface area contributed by atoms with Crippen molar-refractivity contribution in [2.24, 2.45) is 0 Å². The van der Waals surface area contributed by atoms with Crippen molar-refractivity contribution >= 4 is 21.7 Å². The van der Waals surface area contributed by atoms with Gasteiger partial charge in [-0.3, -0.25) is 4.90 Å². The second-order valence-corrected chi connectivity index (χ2v) is 6.52. The number of hydrogen-bond acceptors (Lipinski definition) is 3. The first-order valence-corrected chi connectivity index (χ1v) is 6.98. The summed E-state index contributed by atoms with van der Waals surface area (Å²) in [6.07, 6.45) is 1.65. The zero-order valence-corrected chi connectivity index (χ0v) is 12.7. The molecule has 0 radical (unpaired) electrons. The Balaban J connectivity index is 2.06. The van der Waals surface area contributed by atoms with Gasteiger partial charge in [-0.25, -0.2) is 9.37 Å². The minimum atomic E-state index is -0.256. The highest BCUT2D eigenvalue weighted by Crippen LogP contribution is 2.23. The average molecular weight is 316 g/mol. The lowest BCUT2D eigenvalue weighted by atomic mass is 10.1. The van der Waals surface area contributed by atoms with Gasteiger partial charge in [0.2, 0.25) is 0 Å². The van der Waals surface area contributed by atoms with Gasteiger partial charge >= 0.3 is 0 Å². The fourth-order valence-electron chi connectivity index (χ4n) is 2.23. The molecule has 1 aliphatic heterocycles. The number of aromatic nitrogens is 1. The van der Waals surface area contributed by atoms with E-state index in [1.54, 1.807) is 6.20 Å². The monoisotopic (exact) mass is 315 g/mol. The van der Waals surface area contributed by atoms with Crippen molar-refractivity contribution in [3.8, 4) is 0 Å². The molecule has 0 spiro atoms. The van der Waals surface area contributed by atoms with Crippen molar-refractivity contribution in [1.29, 1.82) is 0 Å². The number of nitrogens with zero attached hydrogens (tertiary/aromatic N) is 3. The van der Waals surface area contributed by atoms with E-state index in [9.17, 15) is 4.39 Å². The molecule has 0 atom stereocenters. The number of pyridine rings is 1. The van der Waals surface area contributed by atoms with Gasteiger partial charge in [-0.2, -0.15) is 0 Å². The molecule has 2 heterocycles. The maximum atomic E-state index is 13.8. The van der Waals surface area contributed by atoms with Crippen LogP contribution in [0.2, 0.25) is 0 Å². The zero-order chi connectivity index (χ0) is 13.3. The van der Waals surface area contributed by atoms with Crippen molar-refractivity contribution < 1.29 is 4.39 Å². The van der Waals surface area contributed by atoms with Crippen LogP contribution in [0.25, 0.3) is 0 Å². The molecule has 0 N–H and O–H groups in total. The standard InChI is InChI=1S/C13H19BrFN3/c1-13(2,3)18-6-4-17(5-7-18)12-11(15)8-10(14)9-16-12/h8-9H,4-7H2,1-3H3. The summed E-state index contributed by atoms with van der Waals surface area (Å²) in [5.41, 5.74) is 0.178.